The van der Waals surface area contributed by atoms with Gasteiger partial charge in [0.25, 0.3) is 0 Å². The highest BCUT2D eigenvalue weighted by molar-refractivity contribution is 7.99. The third-order valence-electron chi connectivity index (χ3n) is 4.34. The number of aromatic nitrogens is 3. The average Bonchev–Trinajstić information content (AvgIpc) is 3.11. The van der Waals surface area contributed by atoms with Gasteiger partial charge in [0.2, 0.25) is 10.9 Å². The van der Waals surface area contributed by atoms with Crippen LogP contribution in [0.2, 0.25) is 0 Å². The Balaban J connectivity index is 1.83. The highest BCUT2D eigenvalue weighted by Crippen LogP contribution is 2.40. The molecule has 1 aromatic heterocycles. The van der Waals surface area contributed by atoms with Crippen molar-refractivity contribution in [2.24, 2.45) is 0 Å². The van der Waals surface area contributed by atoms with Gasteiger partial charge in [-0.15, -0.1) is 10.2 Å². The standard InChI is InChI=1S/C20H21FN4O4S/c1-11-5-6-13(14(21)7-11)15(26)10-30-20-24-23-19(25(20)22)12-8-16(27-2)18(29-4)17(9-12)28-3/h5-9H,10,22H2,1-4H3. The maximum atomic E-state index is 14.0. The number of nitrogen functional groups attached to an aromatic ring is 1. The minimum absolute atomic E-state index is 0.0287. The van der Waals surface area contributed by atoms with Gasteiger partial charge in [-0.05, 0) is 36.8 Å². The van der Waals surface area contributed by atoms with E-state index < -0.39 is 5.82 Å². The Bertz CT molecular complexity index is 1060. The van der Waals surface area contributed by atoms with Crippen molar-refractivity contribution in [2.45, 2.75) is 12.1 Å². The SMILES string of the molecule is COc1cc(-c2nnc(SCC(=O)c3ccc(C)cc3F)n2N)cc(OC)c1OC. The van der Waals surface area contributed by atoms with Crippen LogP contribution in [0.25, 0.3) is 11.4 Å². The first-order chi connectivity index (χ1) is 14.4. The predicted octanol–water partition coefficient (Wildman–Crippen LogP) is 3.11. The van der Waals surface area contributed by atoms with E-state index in [-0.39, 0.29) is 17.1 Å². The molecule has 0 bridgehead atoms. The van der Waals surface area contributed by atoms with Gasteiger partial charge in [-0.1, -0.05) is 17.8 Å². The molecule has 0 unspecified atom stereocenters. The fraction of sp³-hybridized carbons (Fsp3) is 0.250. The number of hydrogen-bond donors (Lipinski definition) is 1. The van der Waals surface area contributed by atoms with Crippen molar-refractivity contribution < 1.29 is 23.4 Å². The van der Waals surface area contributed by atoms with Crippen molar-refractivity contribution in [1.29, 1.82) is 0 Å². The molecule has 0 radical (unpaired) electrons. The maximum Gasteiger partial charge on any atom is 0.210 e. The van der Waals surface area contributed by atoms with E-state index >= 15 is 0 Å². The Labute approximate surface area is 177 Å². The number of benzene rings is 2. The molecule has 0 aliphatic rings. The lowest BCUT2D eigenvalue weighted by Gasteiger charge is -2.13. The maximum absolute atomic E-state index is 14.0. The van der Waals surface area contributed by atoms with Crippen LogP contribution in [-0.4, -0.2) is 47.7 Å². The number of ether oxygens (including phenoxy) is 3. The molecule has 0 saturated carbocycles. The number of thioether (sulfide) groups is 1. The zero-order valence-electron chi connectivity index (χ0n) is 16.9. The molecule has 3 aromatic rings. The lowest BCUT2D eigenvalue weighted by molar-refractivity contribution is 0.101. The zero-order valence-corrected chi connectivity index (χ0v) is 17.7. The highest BCUT2D eigenvalue weighted by Gasteiger charge is 2.20. The first kappa shape index (κ1) is 21.4. The molecule has 0 spiro atoms. The van der Waals surface area contributed by atoms with E-state index in [0.717, 1.165) is 17.3 Å². The molecule has 2 N–H and O–H groups in total. The number of nitrogens with zero attached hydrogens (tertiary/aromatic N) is 3. The first-order valence-electron chi connectivity index (χ1n) is 8.82. The van der Waals surface area contributed by atoms with Gasteiger partial charge in [-0.2, -0.15) is 0 Å². The van der Waals surface area contributed by atoms with Gasteiger partial charge < -0.3 is 20.1 Å². The molecule has 0 amide bonds. The number of halogens is 1. The second-order valence-corrected chi connectivity index (χ2v) is 7.23. The van der Waals surface area contributed by atoms with E-state index in [1.165, 1.54) is 38.1 Å². The molecule has 158 valence electrons. The molecule has 30 heavy (non-hydrogen) atoms. The molecule has 1 heterocycles. The summed E-state index contributed by atoms with van der Waals surface area (Å²) in [7, 11) is 4.52. The Morgan fingerprint density at radius 1 is 1.10 bits per heavy atom. The van der Waals surface area contributed by atoms with Gasteiger partial charge in [0.05, 0.1) is 32.6 Å². The molecule has 0 aliphatic heterocycles. The normalized spacial score (nSPS) is 10.7. The van der Waals surface area contributed by atoms with E-state index in [1.807, 2.05) is 0 Å². The summed E-state index contributed by atoms with van der Waals surface area (Å²) in [6, 6.07) is 7.87. The van der Waals surface area contributed by atoms with Crippen LogP contribution in [0.3, 0.4) is 0 Å². The van der Waals surface area contributed by atoms with Crippen molar-refractivity contribution >= 4 is 17.5 Å². The summed E-state index contributed by atoms with van der Waals surface area (Å²) in [4.78, 5) is 12.4. The van der Waals surface area contributed by atoms with Gasteiger partial charge in [-0.3, -0.25) is 4.79 Å². The van der Waals surface area contributed by atoms with Gasteiger partial charge in [0.15, 0.2) is 23.1 Å². The highest BCUT2D eigenvalue weighted by atomic mass is 32.2. The van der Waals surface area contributed by atoms with E-state index in [1.54, 1.807) is 25.1 Å². The third-order valence-corrected chi connectivity index (χ3v) is 5.29. The van der Waals surface area contributed by atoms with Gasteiger partial charge in [-0.25, -0.2) is 9.07 Å². The largest absolute Gasteiger partial charge is 0.493 e. The van der Waals surface area contributed by atoms with Crippen LogP contribution in [-0.2, 0) is 0 Å². The van der Waals surface area contributed by atoms with Crippen molar-refractivity contribution in [3.05, 3.63) is 47.3 Å². The van der Waals surface area contributed by atoms with Crippen molar-refractivity contribution in [2.75, 3.05) is 32.9 Å². The number of methoxy groups -OCH3 is 3. The van der Waals surface area contributed by atoms with Crippen LogP contribution in [0.15, 0.2) is 35.5 Å². The number of carbonyl (C=O) groups excluding carboxylic acids is 1. The van der Waals surface area contributed by atoms with E-state index in [9.17, 15) is 9.18 Å². The van der Waals surface area contributed by atoms with Crippen LogP contribution in [0, 0.1) is 12.7 Å². The Morgan fingerprint density at radius 2 is 1.77 bits per heavy atom. The molecule has 10 heteroatoms. The number of nitrogens with two attached hydrogens (primary N) is 1. The third kappa shape index (κ3) is 4.18. The van der Waals surface area contributed by atoms with Gasteiger partial charge >= 0.3 is 0 Å². The molecule has 0 aliphatic carbocycles. The Morgan fingerprint density at radius 3 is 2.33 bits per heavy atom. The van der Waals surface area contributed by atoms with Crippen LogP contribution < -0.4 is 20.1 Å². The lowest BCUT2D eigenvalue weighted by Crippen LogP contribution is -2.13. The number of rotatable bonds is 8. The fourth-order valence-corrected chi connectivity index (χ4v) is 3.58. The molecule has 2 aromatic carbocycles. The Kier molecular flexibility index (Phi) is 6.46. The molecular weight excluding hydrogens is 411 g/mol. The number of Topliss-reactive ketones (excluding diaryl/α,β-unsaturated/α-hetero) is 1. The molecule has 0 fully saturated rings. The molecule has 0 saturated heterocycles. The van der Waals surface area contributed by atoms with E-state index in [4.69, 9.17) is 20.1 Å². The number of aryl methyl sites for hydroxylation is 1. The van der Waals surface area contributed by atoms with Crippen molar-refractivity contribution in [3.63, 3.8) is 0 Å². The van der Waals surface area contributed by atoms with Gasteiger partial charge in [0.1, 0.15) is 5.82 Å². The summed E-state index contributed by atoms with van der Waals surface area (Å²) in [5, 5.41) is 8.45. The number of hydrogen-bond acceptors (Lipinski definition) is 8. The fourth-order valence-electron chi connectivity index (χ4n) is 2.84. The minimum Gasteiger partial charge on any atom is -0.493 e. The first-order valence-corrected chi connectivity index (χ1v) is 9.81. The minimum atomic E-state index is -0.548. The van der Waals surface area contributed by atoms with Crippen molar-refractivity contribution in [3.8, 4) is 28.6 Å². The average molecular weight is 432 g/mol. The van der Waals surface area contributed by atoms with Crippen LogP contribution in [0.1, 0.15) is 15.9 Å². The number of ketones is 1. The summed E-state index contributed by atoms with van der Waals surface area (Å²) in [6.07, 6.45) is 0. The monoisotopic (exact) mass is 432 g/mol. The smallest absolute Gasteiger partial charge is 0.210 e. The second kappa shape index (κ2) is 9.04. The predicted molar refractivity (Wildman–Crippen MR) is 111 cm³/mol. The number of carbonyl (C=O) groups is 1. The zero-order chi connectivity index (χ0) is 21.8. The summed E-state index contributed by atoms with van der Waals surface area (Å²) in [5.41, 5.74) is 1.36. The van der Waals surface area contributed by atoms with Crippen LogP contribution in [0.5, 0.6) is 17.2 Å². The quantitative estimate of drug-likeness (QED) is 0.329. The topological polar surface area (TPSA) is 101 Å². The molecule has 3 rings (SSSR count). The second-order valence-electron chi connectivity index (χ2n) is 6.29. The summed E-state index contributed by atoms with van der Waals surface area (Å²) in [5.74, 6) is 6.84. The van der Waals surface area contributed by atoms with Crippen molar-refractivity contribution in [1.82, 2.24) is 14.9 Å². The summed E-state index contributed by atoms with van der Waals surface area (Å²) >= 11 is 1.07. The van der Waals surface area contributed by atoms with Gasteiger partial charge in [0, 0.05) is 5.56 Å². The molecule has 8 nitrogen and oxygen atoms in total. The molecular formula is C20H21FN4O4S. The summed E-state index contributed by atoms with van der Waals surface area (Å²) in [6.45, 7) is 1.76. The lowest BCUT2D eigenvalue weighted by atomic mass is 10.1. The van der Waals surface area contributed by atoms with E-state index in [2.05, 4.69) is 10.2 Å². The van der Waals surface area contributed by atoms with Crippen LogP contribution in [0.4, 0.5) is 4.39 Å². The van der Waals surface area contributed by atoms with Crippen LogP contribution >= 0.6 is 11.8 Å². The Hall–Kier alpha value is -3.27. The summed E-state index contributed by atoms with van der Waals surface area (Å²) < 4.78 is 31.3. The molecule has 0 atom stereocenters. The van der Waals surface area contributed by atoms with E-state index in [0.29, 0.717) is 33.8 Å².